The predicted molar refractivity (Wildman–Crippen MR) is 101 cm³/mol. The van der Waals surface area contributed by atoms with E-state index >= 15 is 0 Å². The summed E-state index contributed by atoms with van der Waals surface area (Å²) in [7, 11) is 3.47. The lowest BCUT2D eigenvalue weighted by atomic mass is 9.87. The van der Waals surface area contributed by atoms with Crippen LogP contribution in [0.4, 0.5) is 0 Å². The van der Waals surface area contributed by atoms with E-state index in [1.54, 1.807) is 7.11 Å². The molecule has 5 nitrogen and oxygen atoms in total. The Morgan fingerprint density at radius 2 is 2.27 bits per heavy atom. The van der Waals surface area contributed by atoms with Crippen LogP contribution in [0.3, 0.4) is 0 Å². The lowest BCUT2D eigenvalue weighted by Gasteiger charge is -2.25. The van der Waals surface area contributed by atoms with E-state index in [1.807, 2.05) is 25.2 Å². The third-order valence-corrected chi connectivity index (χ3v) is 4.34. The van der Waals surface area contributed by atoms with Crippen LogP contribution in [0.25, 0.3) is 0 Å². The standard InChI is InChI=1S/C16H26N4O.HI/c1-5-16(2)9-10-20(12-16)15(17-3)18-11-13-7-6-8-14(19-13)21-4;/h6-8H,5,9-12H2,1-4H3,(H,17,18);1H. The third kappa shape index (κ3) is 4.72. The Bertz CT molecular complexity index is 509. The first-order valence-electron chi connectivity index (χ1n) is 7.56. The van der Waals surface area contributed by atoms with Gasteiger partial charge in [0.15, 0.2) is 5.96 Å². The van der Waals surface area contributed by atoms with Crippen molar-refractivity contribution in [3.63, 3.8) is 0 Å². The highest BCUT2D eigenvalue weighted by molar-refractivity contribution is 14.0. The van der Waals surface area contributed by atoms with Gasteiger partial charge in [-0.15, -0.1) is 24.0 Å². The maximum Gasteiger partial charge on any atom is 0.213 e. The molecule has 124 valence electrons. The molecule has 1 fully saturated rings. The van der Waals surface area contributed by atoms with E-state index in [1.165, 1.54) is 12.8 Å². The quantitative estimate of drug-likeness (QED) is 0.464. The number of pyridine rings is 1. The number of guanidine groups is 1. The van der Waals surface area contributed by atoms with Gasteiger partial charge in [0, 0.05) is 26.2 Å². The van der Waals surface area contributed by atoms with Gasteiger partial charge in [-0.05, 0) is 24.3 Å². The van der Waals surface area contributed by atoms with E-state index in [2.05, 4.69) is 34.0 Å². The lowest BCUT2D eigenvalue weighted by molar-refractivity contribution is 0.322. The van der Waals surface area contributed by atoms with E-state index in [-0.39, 0.29) is 24.0 Å². The molecule has 1 N–H and O–H groups in total. The SMILES string of the molecule is CCC1(C)CCN(C(=NC)NCc2cccc(OC)n2)C1.I. The Kier molecular flexibility index (Phi) is 7.38. The number of likely N-dealkylation sites (tertiary alicyclic amines) is 1. The number of aliphatic imine (C=N–C) groups is 1. The summed E-state index contributed by atoms with van der Waals surface area (Å²) in [6.45, 7) is 7.40. The van der Waals surface area contributed by atoms with Crippen LogP contribution in [0.15, 0.2) is 23.2 Å². The van der Waals surface area contributed by atoms with Crippen molar-refractivity contribution in [2.75, 3.05) is 27.2 Å². The summed E-state index contributed by atoms with van der Waals surface area (Å²) in [6, 6.07) is 5.80. The van der Waals surface area contributed by atoms with Crippen molar-refractivity contribution < 1.29 is 4.74 Å². The van der Waals surface area contributed by atoms with Gasteiger partial charge in [0.05, 0.1) is 19.3 Å². The zero-order valence-corrected chi connectivity index (χ0v) is 16.3. The molecule has 0 spiro atoms. The summed E-state index contributed by atoms with van der Waals surface area (Å²) in [5.41, 5.74) is 1.36. The van der Waals surface area contributed by atoms with Crippen LogP contribution in [0.5, 0.6) is 5.88 Å². The second-order valence-corrected chi connectivity index (χ2v) is 5.91. The molecule has 0 radical (unpaired) electrons. The molecular weight excluding hydrogens is 391 g/mol. The Morgan fingerprint density at radius 3 is 2.86 bits per heavy atom. The fraction of sp³-hybridized carbons (Fsp3) is 0.625. The summed E-state index contributed by atoms with van der Waals surface area (Å²) in [5.74, 6) is 1.60. The Morgan fingerprint density at radius 1 is 1.50 bits per heavy atom. The van der Waals surface area contributed by atoms with Crippen molar-refractivity contribution in [1.29, 1.82) is 0 Å². The zero-order chi connectivity index (χ0) is 15.3. The second-order valence-electron chi connectivity index (χ2n) is 5.91. The number of aromatic nitrogens is 1. The van der Waals surface area contributed by atoms with Crippen molar-refractivity contribution in [2.45, 2.75) is 33.2 Å². The van der Waals surface area contributed by atoms with Gasteiger partial charge in [0.2, 0.25) is 5.88 Å². The fourth-order valence-electron chi connectivity index (χ4n) is 2.66. The molecule has 1 saturated heterocycles. The summed E-state index contributed by atoms with van der Waals surface area (Å²) < 4.78 is 5.15. The Hall–Kier alpha value is -1.05. The normalized spacial score (nSPS) is 21.5. The minimum atomic E-state index is 0. The minimum Gasteiger partial charge on any atom is -0.481 e. The molecule has 0 aromatic carbocycles. The minimum absolute atomic E-state index is 0. The average Bonchev–Trinajstić information content (AvgIpc) is 2.91. The molecule has 1 atom stereocenters. The number of rotatable bonds is 4. The van der Waals surface area contributed by atoms with E-state index in [0.717, 1.165) is 24.7 Å². The van der Waals surface area contributed by atoms with Gasteiger partial charge in [-0.2, -0.15) is 0 Å². The van der Waals surface area contributed by atoms with Crippen molar-refractivity contribution in [3.8, 4) is 5.88 Å². The summed E-state index contributed by atoms with van der Waals surface area (Å²) in [4.78, 5) is 11.1. The number of hydrogen-bond acceptors (Lipinski definition) is 3. The molecule has 1 aromatic heterocycles. The first kappa shape index (κ1) is 19.0. The van der Waals surface area contributed by atoms with Gasteiger partial charge in [-0.25, -0.2) is 4.98 Å². The number of nitrogens with one attached hydrogen (secondary N) is 1. The highest BCUT2D eigenvalue weighted by Gasteiger charge is 2.33. The van der Waals surface area contributed by atoms with Crippen LogP contribution in [-0.4, -0.2) is 43.1 Å². The van der Waals surface area contributed by atoms with Crippen molar-refractivity contribution in [3.05, 3.63) is 23.9 Å². The van der Waals surface area contributed by atoms with Crippen LogP contribution in [0.1, 0.15) is 32.4 Å². The monoisotopic (exact) mass is 418 g/mol. The number of nitrogens with zero attached hydrogens (tertiary/aromatic N) is 3. The third-order valence-electron chi connectivity index (χ3n) is 4.34. The summed E-state index contributed by atoms with van der Waals surface area (Å²) >= 11 is 0. The molecule has 6 heteroatoms. The number of ether oxygens (including phenoxy) is 1. The molecule has 0 saturated carbocycles. The molecule has 0 aliphatic carbocycles. The second kappa shape index (κ2) is 8.55. The predicted octanol–water partition coefficient (Wildman–Crippen LogP) is 2.91. The first-order chi connectivity index (χ1) is 10.1. The van der Waals surface area contributed by atoms with Crippen molar-refractivity contribution in [2.24, 2.45) is 10.4 Å². The van der Waals surface area contributed by atoms with Gasteiger partial charge < -0.3 is 15.0 Å². The van der Waals surface area contributed by atoms with Gasteiger partial charge in [-0.3, -0.25) is 4.99 Å². The average molecular weight is 418 g/mol. The largest absolute Gasteiger partial charge is 0.481 e. The number of methoxy groups -OCH3 is 1. The summed E-state index contributed by atoms with van der Waals surface area (Å²) in [6.07, 6.45) is 2.43. The molecule has 1 aromatic rings. The highest BCUT2D eigenvalue weighted by Crippen LogP contribution is 2.32. The van der Waals surface area contributed by atoms with Gasteiger partial charge in [-0.1, -0.05) is 19.9 Å². The molecule has 2 heterocycles. The highest BCUT2D eigenvalue weighted by atomic mass is 127. The molecule has 1 aliphatic rings. The van der Waals surface area contributed by atoms with Crippen LogP contribution >= 0.6 is 24.0 Å². The van der Waals surface area contributed by atoms with E-state index in [0.29, 0.717) is 17.8 Å². The van der Waals surface area contributed by atoms with Gasteiger partial charge >= 0.3 is 0 Å². The maximum atomic E-state index is 5.15. The number of halogens is 1. The Balaban J connectivity index is 0.00000242. The van der Waals surface area contributed by atoms with E-state index in [9.17, 15) is 0 Å². The Labute approximate surface area is 150 Å². The van der Waals surface area contributed by atoms with Crippen LogP contribution in [0.2, 0.25) is 0 Å². The lowest BCUT2D eigenvalue weighted by Crippen LogP contribution is -2.40. The fourth-order valence-corrected chi connectivity index (χ4v) is 2.66. The first-order valence-corrected chi connectivity index (χ1v) is 7.56. The van der Waals surface area contributed by atoms with Gasteiger partial charge in [0.1, 0.15) is 0 Å². The smallest absolute Gasteiger partial charge is 0.213 e. The van der Waals surface area contributed by atoms with Crippen molar-refractivity contribution in [1.82, 2.24) is 15.2 Å². The van der Waals surface area contributed by atoms with Crippen molar-refractivity contribution >= 4 is 29.9 Å². The molecule has 2 rings (SSSR count). The van der Waals surface area contributed by atoms with Crippen LogP contribution < -0.4 is 10.1 Å². The van der Waals surface area contributed by atoms with Gasteiger partial charge in [0.25, 0.3) is 0 Å². The summed E-state index contributed by atoms with van der Waals surface area (Å²) in [5, 5.41) is 3.40. The molecule has 0 amide bonds. The number of hydrogen-bond donors (Lipinski definition) is 1. The van der Waals surface area contributed by atoms with Crippen LogP contribution in [-0.2, 0) is 6.54 Å². The molecular formula is C16H27IN4O. The van der Waals surface area contributed by atoms with E-state index < -0.39 is 0 Å². The van der Waals surface area contributed by atoms with Crippen LogP contribution in [0, 0.1) is 5.41 Å². The molecule has 1 unspecified atom stereocenters. The topological polar surface area (TPSA) is 49.8 Å². The zero-order valence-electron chi connectivity index (χ0n) is 13.9. The maximum absolute atomic E-state index is 5.15. The molecule has 22 heavy (non-hydrogen) atoms. The molecule has 1 aliphatic heterocycles. The van der Waals surface area contributed by atoms with E-state index in [4.69, 9.17) is 4.74 Å². The molecule has 0 bridgehead atoms.